The number of carbonyl (C=O) groups is 2. The Bertz CT molecular complexity index is 536. The average Bonchev–Trinajstić information content (AvgIpc) is 2.39. The number of benzene rings is 1. The van der Waals surface area contributed by atoms with Crippen molar-refractivity contribution in [1.29, 1.82) is 0 Å². The highest BCUT2D eigenvalue weighted by Crippen LogP contribution is 2.21. The third kappa shape index (κ3) is 7.01. The summed E-state index contributed by atoms with van der Waals surface area (Å²) in [4.78, 5) is 23.8. The molecule has 130 valence electrons. The van der Waals surface area contributed by atoms with Gasteiger partial charge in [-0.15, -0.1) is 12.4 Å². The highest BCUT2D eigenvalue weighted by atomic mass is 35.5. The van der Waals surface area contributed by atoms with E-state index in [0.717, 1.165) is 22.4 Å². The number of aryl methyl sites for hydroxylation is 3. The second-order valence-electron chi connectivity index (χ2n) is 6.28. The molecule has 0 radical (unpaired) electrons. The Hall–Kier alpha value is -1.59. The molecule has 0 aliphatic carbocycles. The van der Waals surface area contributed by atoms with Gasteiger partial charge in [-0.05, 0) is 44.2 Å². The van der Waals surface area contributed by atoms with Gasteiger partial charge in [0.15, 0.2) is 0 Å². The smallest absolute Gasteiger partial charge is 0.243 e. The molecule has 23 heavy (non-hydrogen) atoms. The lowest BCUT2D eigenvalue weighted by Gasteiger charge is -2.15. The molecule has 0 aromatic heterocycles. The molecule has 1 aromatic carbocycles. The SMILES string of the molecule is Cc1cc(C)c(NC(=O)CNC(=O)[C@@H](N)CC(C)C)c(C)c1.Cl. The summed E-state index contributed by atoms with van der Waals surface area (Å²) in [5.41, 5.74) is 9.75. The average molecular weight is 342 g/mol. The number of nitrogens with two attached hydrogens (primary N) is 1. The number of nitrogens with one attached hydrogen (secondary N) is 2. The van der Waals surface area contributed by atoms with Gasteiger partial charge >= 0.3 is 0 Å². The minimum atomic E-state index is -0.573. The van der Waals surface area contributed by atoms with Crippen LogP contribution in [0.3, 0.4) is 0 Å². The van der Waals surface area contributed by atoms with E-state index in [9.17, 15) is 9.59 Å². The van der Waals surface area contributed by atoms with E-state index in [1.165, 1.54) is 0 Å². The topological polar surface area (TPSA) is 84.2 Å². The summed E-state index contributed by atoms with van der Waals surface area (Å²) in [5.74, 6) is -0.200. The maximum atomic E-state index is 12.0. The van der Waals surface area contributed by atoms with E-state index >= 15 is 0 Å². The molecule has 4 N–H and O–H groups in total. The van der Waals surface area contributed by atoms with Gasteiger partial charge in [0.2, 0.25) is 11.8 Å². The Morgan fingerprint density at radius 2 is 1.65 bits per heavy atom. The van der Waals surface area contributed by atoms with Crippen LogP contribution in [0, 0.1) is 26.7 Å². The van der Waals surface area contributed by atoms with Gasteiger partial charge in [0.1, 0.15) is 0 Å². The van der Waals surface area contributed by atoms with Crippen LogP contribution in [-0.2, 0) is 9.59 Å². The lowest BCUT2D eigenvalue weighted by molar-refractivity contribution is -0.125. The third-order valence-electron chi connectivity index (χ3n) is 3.43. The summed E-state index contributed by atoms with van der Waals surface area (Å²) in [6.45, 7) is 9.85. The molecule has 0 aliphatic heterocycles. The first-order chi connectivity index (χ1) is 10.2. The first-order valence-electron chi connectivity index (χ1n) is 7.61. The van der Waals surface area contributed by atoms with Crippen molar-refractivity contribution in [2.24, 2.45) is 11.7 Å². The van der Waals surface area contributed by atoms with Crippen molar-refractivity contribution >= 4 is 29.9 Å². The van der Waals surface area contributed by atoms with Crippen LogP contribution in [0.5, 0.6) is 0 Å². The van der Waals surface area contributed by atoms with Crippen LogP contribution in [0.15, 0.2) is 12.1 Å². The second-order valence-corrected chi connectivity index (χ2v) is 6.28. The van der Waals surface area contributed by atoms with Crippen molar-refractivity contribution in [3.8, 4) is 0 Å². The van der Waals surface area contributed by atoms with E-state index in [4.69, 9.17) is 5.73 Å². The van der Waals surface area contributed by atoms with E-state index < -0.39 is 6.04 Å². The van der Waals surface area contributed by atoms with Crippen molar-refractivity contribution in [2.45, 2.75) is 47.1 Å². The van der Waals surface area contributed by atoms with Gasteiger partial charge in [-0.25, -0.2) is 0 Å². The summed E-state index contributed by atoms with van der Waals surface area (Å²) < 4.78 is 0. The van der Waals surface area contributed by atoms with Crippen LogP contribution in [0.1, 0.15) is 37.0 Å². The quantitative estimate of drug-likeness (QED) is 0.743. The molecule has 0 spiro atoms. The minimum absolute atomic E-state index is 0. The molecule has 0 bridgehead atoms. The Kier molecular flexibility index (Phi) is 8.87. The Labute approximate surface area is 144 Å². The number of anilines is 1. The van der Waals surface area contributed by atoms with Crippen molar-refractivity contribution in [2.75, 3.05) is 11.9 Å². The van der Waals surface area contributed by atoms with Gasteiger partial charge in [0.25, 0.3) is 0 Å². The van der Waals surface area contributed by atoms with E-state index in [-0.39, 0.29) is 30.8 Å². The fourth-order valence-corrected chi connectivity index (χ4v) is 2.47. The monoisotopic (exact) mass is 341 g/mol. The molecule has 0 aliphatic rings. The summed E-state index contributed by atoms with van der Waals surface area (Å²) >= 11 is 0. The van der Waals surface area contributed by atoms with E-state index in [2.05, 4.69) is 10.6 Å². The summed E-state index contributed by atoms with van der Waals surface area (Å²) in [7, 11) is 0. The number of hydrogen-bond donors (Lipinski definition) is 3. The van der Waals surface area contributed by atoms with Gasteiger partial charge < -0.3 is 16.4 Å². The van der Waals surface area contributed by atoms with Crippen LogP contribution in [0.2, 0.25) is 0 Å². The molecule has 0 fully saturated rings. The van der Waals surface area contributed by atoms with Gasteiger partial charge in [-0.2, -0.15) is 0 Å². The zero-order valence-corrected chi connectivity index (χ0v) is 15.3. The molecular formula is C17H28ClN3O2. The summed E-state index contributed by atoms with van der Waals surface area (Å²) in [5, 5.41) is 5.43. The fourth-order valence-electron chi connectivity index (χ4n) is 2.47. The zero-order chi connectivity index (χ0) is 16.9. The van der Waals surface area contributed by atoms with Crippen LogP contribution in [0.25, 0.3) is 0 Å². The predicted octanol–water partition coefficient (Wildman–Crippen LogP) is 2.46. The maximum Gasteiger partial charge on any atom is 0.243 e. The summed E-state index contributed by atoms with van der Waals surface area (Å²) in [6.07, 6.45) is 0.601. The molecular weight excluding hydrogens is 314 g/mol. The van der Waals surface area contributed by atoms with E-state index in [1.54, 1.807) is 0 Å². The lowest BCUT2D eigenvalue weighted by Crippen LogP contribution is -2.44. The lowest BCUT2D eigenvalue weighted by atomic mass is 10.0. The molecule has 1 aromatic rings. The highest BCUT2D eigenvalue weighted by Gasteiger charge is 2.16. The van der Waals surface area contributed by atoms with Crippen LogP contribution < -0.4 is 16.4 Å². The molecule has 5 nitrogen and oxygen atoms in total. The normalized spacial score (nSPS) is 11.6. The van der Waals surface area contributed by atoms with Crippen LogP contribution in [0.4, 0.5) is 5.69 Å². The highest BCUT2D eigenvalue weighted by molar-refractivity contribution is 5.96. The number of carbonyl (C=O) groups excluding carboxylic acids is 2. The third-order valence-corrected chi connectivity index (χ3v) is 3.43. The molecule has 1 rings (SSSR count). The van der Waals surface area contributed by atoms with Crippen molar-refractivity contribution in [3.05, 3.63) is 28.8 Å². The standard InChI is InChI=1S/C17H27N3O2.ClH/c1-10(2)6-14(18)17(22)19-9-15(21)20-16-12(4)7-11(3)8-13(16)5;/h7-8,10,14H,6,9,18H2,1-5H3,(H,19,22)(H,20,21);1H/t14-;/m0./s1. The number of halogens is 1. The zero-order valence-electron chi connectivity index (χ0n) is 14.5. The van der Waals surface area contributed by atoms with Crippen molar-refractivity contribution < 1.29 is 9.59 Å². The fraction of sp³-hybridized carbons (Fsp3) is 0.529. The molecule has 6 heteroatoms. The molecule has 0 unspecified atom stereocenters. The van der Waals surface area contributed by atoms with Gasteiger partial charge in [0, 0.05) is 5.69 Å². The molecule has 0 heterocycles. The van der Waals surface area contributed by atoms with Gasteiger partial charge in [0.05, 0.1) is 12.6 Å². The largest absolute Gasteiger partial charge is 0.346 e. The molecule has 2 amide bonds. The minimum Gasteiger partial charge on any atom is -0.346 e. The molecule has 0 saturated heterocycles. The number of rotatable bonds is 6. The molecule has 1 atom stereocenters. The Balaban J connectivity index is 0.00000484. The van der Waals surface area contributed by atoms with E-state index in [1.807, 2.05) is 46.8 Å². The first kappa shape index (κ1) is 21.4. The van der Waals surface area contributed by atoms with Crippen molar-refractivity contribution in [3.63, 3.8) is 0 Å². The van der Waals surface area contributed by atoms with Gasteiger partial charge in [-0.1, -0.05) is 31.5 Å². The van der Waals surface area contributed by atoms with Crippen LogP contribution in [-0.4, -0.2) is 24.4 Å². The molecule has 0 saturated carbocycles. The van der Waals surface area contributed by atoms with Crippen molar-refractivity contribution in [1.82, 2.24) is 5.32 Å². The Morgan fingerprint density at radius 3 is 2.13 bits per heavy atom. The van der Waals surface area contributed by atoms with Crippen LogP contribution >= 0.6 is 12.4 Å². The Morgan fingerprint density at radius 1 is 1.13 bits per heavy atom. The predicted molar refractivity (Wildman–Crippen MR) is 97.0 cm³/mol. The summed E-state index contributed by atoms with van der Waals surface area (Å²) in [6, 6.07) is 3.45. The maximum absolute atomic E-state index is 12.0. The number of amides is 2. The second kappa shape index (κ2) is 9.53. The van der Waals surface area contributed by atoms with E-state index in [0.29, 0.717) is 12.3 Å². The number of hydrogen-bond acceptors (Lipinski definition) is 3. The first-order valence-corrected chi connectivity index (χ1v) is 7.61. The van der Waals surface area contributed by atoms with Gasteiger partial charge in [-0.3, -0.25) is 9.59 Å².